The van der Waals surface area contributed by atoms with Crippen LogP contribution in [-0.4, -0.2) is 43.0 Å². The number of hydrogen-bond donors (Lipinski definition) is 1. The van der Waals surface area contributed by atoms with Crippen molar-refractivity contribution >= 4 is 11.9 Å². The van der Waals surface area contributed by atoms with Gasteiger partial charge in [-0.25, -0.2) is 14.5 Å². The number of ether oxygens (including phenoxy) is 1. The van der Waals surface area contributed by atoms with Gasteiger partial charge in [0.2, 0.25) is 5.91 Å². The summed E-state index contributed by atoms with van der Waals surface area (Å²) in [6, 6.07) is 0. The fourth-order valence-electron chi connectivity index (χ4n) is 1.75. The van der Waals surface area contributed by atoms with Crippen LogP contribution < -0.4 is 5.73 Å². The van der Waals surface area contributed by atoms with Crippen molar-refractivity contribution < 1.29 is 14.3 Å². The Morgan fingerprint density at radius 3 is 2.75 bits per heavy atom. The summed E-state index contributed by atoms with van der Waals surface area (Å²) in [4.78, 5) is 26.9. The second-order valence-corrected chi connectivity index (χ2v) is 4.02. The van der Waals surface area contributed by atoms with E-state index < -0.39 is 11.9 Å². The van der Waals surface area contributed by atoms with Gasteiger partial charge in [-0.15, -0.1) is 5.10 Å². The van der Waals surface area contributed by atoms with E-state index in [0.29, 0.717) is 11.4 Å². The Morgan fingerprint density at radius 2 is 2.20 bits per heavy atom. The summed E-state index contributed by atoms with van der Waals surface area (Å²) in [6.45, 7) is 1.72. The van der Waals surface area contributed by atoms with Crippen LogP contribution in [0.25, 0.3) is 11.4 Å². The van der Waals surface area contributed by atoms with Gasteiger partial charge < -0.3 is 15.0 Å². The van der Waals surface area contributed by atoms with Crippen LogP contribution in [0.5, 0.6) is 0 Å². The highest BCUT2D eigenvalue weighted by molar-refractivity contribution is 5.93. The van der Waals surface area contributed by atoms with E-state index in [-0.39, 0.29) is 18.8 Å². The molecule has 106 valence electrons. The first-order valence-electron chi connectivity index (χ1n) is 5.90. The van der Waals surface area contributed by atoms with Gasteiger partial charge in [0.15, 0.2) is 5.69 Å². The lowest BCUT2D eigenvalue weighted by Crippen LogP contribution is -2.20. The van der Waals surface area contributed by atoms with Crippen molar-refractivity contribution in [2.75, 3.05) is 6.61 Å². The molecule has 0 atom stereocenters. The Kier molecular flexibility index (Phi) is 3.78. The van der Waals surface area contributed by atoms with Gasteiger partial charge in [0.1, 0.15) is 12.2 Å². The topological polar surface area (TPSA) is 118 Å². The first kappa shape index (κ1) is 13.7. The molecule has 2 heterocycles. The molecule has 2 rings (SSSR count). The Bertz CT molecular complexity index is 644. The number of nitrogens with two attached hydrogens (primary N) is 1. The molecule has 0 aliphatic rings. The predicted octanol–water partition coefficient (Wildman–Crippen LogP) is -0.659. The molecule has 0 aromatic carbocycles. The fourth-order valence-corrected chi connectivity index (χ4v) is 1.75. The van der Waals surface area contributed by atoms with Crippen LogP contribution in [0.1, 0.15) is 17.4 Å². The number of primary amides is 1. The lowest BCUT2D eigenvalue weighted by atomic mass is 10.2. The number of hydrogen-bond acceptors (Lipinski definition) is 6. The third kappa shape index (κ3) is 2.51. The van der Waals surface area contributed by atoms with Crippen molar-refractivity contribution in [2.45, 2.75) is 13.5 Å². The number of aryl methyl sites for hydroxylation is 1. The number of rotatable bonds is 5. The maximum atomic E-state index is 11.9. The summed E-state index contributed by atoms with van der Waals surface area (Å²) in [5.41, 5.74) is 6.12. The quantitative estimate of drug-likeness (QED) is 0.725. The van der Waals surface area contributed by atoms with Crippen LogP contribution in [0, 0.1) is 0 Å². The highest BCUT2D eigenvalue weighted by Crippen LogP contribution is 2.22. The molecule has 0 bridgehead atoms. The van der Waals surface area contributed by atoms with Gasteiger partial charge in [-0.05, 0) is 6.92 Å². The Labute approximate surface area is 114 Å². The third-order valence-corrected chi connectivity index (χ3v) is 2.57. The molecule has 2 aromatic rings. The van der Waals surface area contributed by atoms with E-state index in [2.05, 4.69) is 15.3 Å². The zero-order chi connectivity index (χ0) is 14.7. The van der Waals surface area contributed by atoms with Gasteiger partial charge in [-0.2, -0.15) is 0 Å². The van der Waals surface area contributed by atoms with Gasteiger partial charge in [-0.1, -0.05) is 5.21 Å². The maximum Gasteiger partial charge on any atom is 0.361 e. The smallest absolute Gasteiger partial charge is 0.361 e. The van der Waals surface area contributed by atoms with Crippen LogP contribution in [-0.2, 0) is 23.1 Å². The summed E-state index contributed by atoms with van der Waals surface area (Å²) >= 11 is 0. The van der Waals surface area contributed by atoms with E-state index in [1.807, 2.05) is 0 Å². The normalized spacial score (nSPS) is 10.5. The molecule has 20 heavy (non-hydrogen) atoms. The average molecular weight is 278 g/mol. The highest BCUT2D eigenvalue weighted by atomic mass is 16.5. The number of imidazole rings is 1. The van der Waals surface area contributed by atoms with Crippen molar-refractivity contribution in [3.63, 3.8) is 0 Å². The van der Waals surface area contributed by atoms with Crippen molar-refractivity contribution in [3.05, 3.63) is 18.2 Å². The van der Waals surface area contributed by atoms with E-state index in [9.17, 15) is 9.59 Å². The number of amides is 1. The number of esters is 1. The van der Waals surface area contributed by atoms with Crippen LogP contribution in [0.2, 0.25) is 0 Å². The van der Waals surface area contributed by atoms with Crippen LogP contribution in [0.4, 0.5) is 0 Å². The van der Waals surface area contributed by atoms with E-state index in [1.165, 1.54) is 4.68 Å². The number of carbonyl (C=O) groups excluding carboxylic acids is 2. The largest absolute Gasteiger partial charge is 0.461 e. The third-order valence-electron chi connectivity index (χ3n) is 2.57. The second kappa shape index (κ2) is 5.51. The van der Waals surface area contributed by atoms with Crippen molar-refractivity contribution in [3.8, 4) is 11.4 Å². The molecular formula is C11H14N6O3. The molecule has 2 N–H and O–H groups in total. The van der Waals surface area contributed by atoms with Crippen molar-refractivity contribution in [2.24, 2.45) is 12.8 Å². The van der Waals surface area contributed by atoms with Crippen LogP contribution in [0.3, 0.4) is 0 Å². The van der Waals surface area contributed by atoms with Gasteiger partial charge in [-0.3, -0.25) is 4.79 Å². The first-order chi connectivity index (χ1) is 9.54. The maximum absolute atomic E-state index is 11.9. The highest BCUT2D eigenvalue weighted by Gasteiger charge is 2.24. The summed E-state index contributed by atoms with van der Waals surface area (Å²) < 4.78 is 7.86. The van der Waals surface area contributed by atoms with E-state index in [1.54, 1.807) is 31.1 Å². The summed E-state index contributed by atoms with van der Waals surface area (Å²) in [5.74, 6) is -1.20. The molecule has 0 fully saturated rings. The monoisotopic (exact) mass is 278 g/mol. The molecule has 9 heteroatoms. The molecule has 0 saturated carbocycles. The number of carbonyl (C=O) groups is 2. The zero-order valence-electron chi connectivity index (χ0n) is 11.1. The predicted molar refractivity (Wildman–Crippen MR) is 67.4 cm³/mol. The minimum absolute atomic E-state index is 0.0247. The number of nitrogens with zero attached hydrogens (tertiary/aromatic N) is 5. The zero-order valence-corrected chi connectivity index (χ0v) is 11.1. The molecule has 0 aliphatic heterocycles. The molecule has 9 nitrogen and oxygen atoms in total. The Morgan fingerprint density at radius 1 is 1.45 bits per heavy atom. The molecule has 0 radical (unpaired) electrons. The van der Waals surface area contributed by atoms with E-state index in [4.69, 9.17) is 10.5 Å². The van der Waals surface area contributed by atoms with Gasteiger partial charge in [0, 0.05) is 7.05 Å². The van der Waals surface area contributed by atoms with Crippen LogP contribution in [0.15, 0.2) is 12.5 Å². The van der Waals surface area contributed by atoms with Gasteiger partial charge >= 0.3 is 5.97 Å². The minimum atomic E-state index is -0.612. The van der Waals surface area contributed by atoms with E-state index in [0.717, 1.165) is 0 Å². The molecule has 0 saturated heterocycles. The lowest BCUT2D eigenvalue weighted by Gasteiger charge is -2.06. The average Bonchev–Trinajstić information content (AvgIpc) is 2.95. The standard InChI is InChI=1S/C11H14N6O3/c1-3-20-11(19)9-10(7-4-13-6-16(7)2)17(15-14-9)5-8(12)18/h4,6H,3,5H2,1-2H3,(H2,12,18). The van der Waals surface area contributed by atoms with Crippen molar-refractivity contribution in [1.29, 1.82) is 0 Å². The van der Waals surface area contributed by atoms with Gasteiger partial charge in [0.05, 0.1) is 24.8 Å². The minimum Gasteiger partial charge on any atom is -0.461 e. The Balaban J connectivity index is 2.54. The molecule has 1 amide bonds. The molecule has 2 aromatic heterocycles. The molecule has 0 spiro atoms. The fraction of sp³-hybridized carbons (Fsp3) is 0.364. The van der Waals surface area contributed by atoms with Crippen LogP contribution >= 0.6 is 0 Å². The molecular weight excluding hydrogens is 264 g/mol. The summed E-state index contributed by atoms with van der Waals surface area (Å²) in [6.07, 6.45) is 3.10. The Hall–Kier alpha value is -2.71. The molecule has 0 unspecified atom stereocenters. The number of aromatic nitrogens is 5. The first-order valence-corrected chi connectivity index (χ1v) is 5.90. The van der Waals surface area contributed by atoms with E-state index >= 15 is 0 Å². The van der Waals surface area contributed by atoms with Crippen molar-refractivity contribution in [1.82, 2.24) is 24.5 Å². The van der Waals surface area contributed by atoms with Gasteiger partial charge in [0.25, 0.3) is 0 Å². The molecule has 0 aliphatic carbocycles. The summed E-state index contributed by atoms with van der Waals surface area (Å²) in [5, 5.41) is 7.55. The lowest BCUT2D eigenvalue weighted by molar-refractivity contribution is -0.118. The second-order valence-electron chi connectivity index (χ2n) is 4.02. The SMILES string of the molecule is CCOC(=O)c1nnn(CC(N)=O)c1-c1cncn1C. The summed E-state index contributed by atoms with van der Waals surface area (Å²) in [7, 11) is 1.75.